The Morgan fingerprint density at radius 3 is 2.30 bits per heavy atom. The number of hydrogen-bond acceptors (Lipinski definition) is 2. The summed E-state index contributed by atoms with van der Waals surface area (Å²) in [6.45, 7) is 3.82. The molecule has 0 aliphatic carbocycles. The van der Waals surface area contributed by atoms with Crippen LogP contribution in [-0.4, -0.2) is 12.1 Å². The van der Waals surface area contributed by atoms with Crippen molar-refractivity contribution in [2.75, 3.05) is 0 Å². The number of halogens is 3. The molecule has 0 aliphatic heterocycles. The van der Waals surface area contributed by atoms with Gasteiger partial charge in [-0.3, -0.25) is 0 Å². The summed E-state index contributed by atoms with van der Waals surface area (Å²) in [5, 5.41) is 0. The standard InChI is InChI=1S/C15H19F3O2/c1-3-4-5-6-7-10(2)20-15(19)11-8-12(16)14(18)13(17)9-11/h8-10H,3-7H2,1-2H3. The predicted octanol–water partition coefficient (Wildman–Crippen LogP) is 4.62. The minimum atomic E-state index is -1.59. The van der Waals surface area contributed by atoms with E-state index in [-0.39, 0.29) is 11.7 Å². The molecule has 0 aliphatic rings. The van der Waals surface area contributed by atoms with Crippen LogP contribution in [0, 0.1) is 17.5 Å². The van der Waals surface area contributed by atoms with Gasteiger partial charge in [-0.2, -0.15) is 0 Å². The van der Waals surface area contributed by atoms with E-state index in [1.54, 1.807) is 6.92 Å². The quantitative estimate of drug-likeness (QED) is 0.416. The number of rotatable bonds is 7. The first-order chi connectivity index (χ1) is 9.45. The SMILES string of the molecule is CCCCCCC(C)OC(=O)c1cc(F)c(F)c(F)c1. The normalized spacial score (nSPS) is 12.2. The lowest BCUT2D eigenvalue weighted by molar-refractivity contribution is 0.0318. The second-order valence-electron chi connectivity index (χ2n) is 4.82. The average Bonchev–Trinajstić information content (AvgIpc) is 2.40. The van der Waals surface area contributed by atoms with E-state index in [1.807, 2.05) is 0 Å². The van der Waals surface area contributed by atoms with Crippen LogP contribution in [0.2, 0.25) is 0 Å². The van der Waals surface area contributed by atoms with E-state index in [4.69, 9.17) is 4.74 Å². The topological polar surface area (TPSA) is 26.3 Å². The molecule has 0 amide bonds. The maximum absolute atomic E-state index is 13.0. The highest BCUT2D eigenvalue weighted by Crippen LogP contribution is 2.16. The van der Waals surface area contributed by atoms with Gasteiger partial charge in [-0.05, 0) is 31.9 Å². The molecule has 1 unspecified atom stereocenters. The van der Waals surface area contributed by atoms with Crippen LogP contribution in [0.3, 0.4) is 0 Å². The van der Waals surface area contributed by atoms with Crippen molar-refractivity contribution in [3.8, 4) is 0 Å². The molecule has 5 heteroatoms. The molecule has 0 fully saturated rings. The molecule has 0 aromatic heterocycles. The van der Waals surface area contributed by atoms with Crippen LogP contribution < -0.4 is 0 Å². The number of carbonyl (C=O) groups excluding carboxylic acids is 1. The van der Waals surface area contributed by atoms with Gasteiger partial charge < -0.3 is 4.74 Å². The van der Waals surface area contributed by atoms with Crippen LogP contribution in [0.15, 0.2) is 12.1 Å². The molecule has 0 radical (unpaired) electrons. The van der Waals surface area contributed by atoms with Crippen molar-refractivity contribution in [3.63, 3.8) is 0 Å². The molecule has 1 aromatic rings. The first kappa shape index (κ1) is 16.5. The zero-order valence-corrected chi connectivity index (χ0v) is 11.7. The minimum Gasteiger partial charge on any atom is -0.459 e. The molecule has 1 rings (SSSR count). The van der Waals surface area contributed by atoms with Crippen molar-refractivity contribution in [1.82, 2.24) is 0 Å². The molecular formula is C15H19F3O2. The highest BCUT2D eigenvalue weighted by Gasteiger charge is 2.17. The average molecular weight is 288 g/mol. The number of unbranched alkanes of at least 4 members (excludes halogenated alkanes) is 3. The Morgan fingerprint density at radius 2 is 1.75 bits per heavy atom. The van der Waals surface area contributed by atoms with Gasteiger partial charge in [0.1, 0.15) is 0 Å². The van der Waals surface area contributed by atoms with E-state index in [2.05, 4.69) is 6.92 Å². The van der Waals surface area contributed by atoms with Gasteiger partial charge in [-0.25, -0.2) is 18.0 Å². The van der Waals surface area contributed by atoms with Crippen LogP contribution in [0.1, 0.15) is 56.3 Å². The highest BCUT2D eigenvalue weighted by molar-refractivity contribution is 5.89. The summed E-state index contributed by atoms with van der Waals surface area (Å²) in [4.78, 5) is 11.7. The van der Waals surface area contributed by atoms with E-state index in [0.29, 0.717) is 18.6 Å². The summed E-state index contributed by atoms with van der Waals surface area (Å²) < 4.78 is 43.9. The monoisotopic (exact) mass is 288 g/mol. The Bertz CT molecular complexity index is 437. The second-order valence-corrected chi connectivity index (χ2v) is 4.82. The molecule has 0 saturated carbocycles. The second kappa shape index (κ2) is 7.92. The molecule has 0 spiro atoms. The Kier molecular flexibility index (Phi) is 6.55. The fourth-order valence-electron chi connectivity index (χ4n) is 1.84. The van der Waals surface area contributed by atoms with Gasteiger partial charge >= 0.3 is 5.97 Å². The van der Waals surface area contributed by atoms with E-state index in [9.17, 15) is 18.0 Å². The summed E-state index contributed by atoms with van der Waals surface area (Å²) >= 11 is 0. The van der Waals surface area contributed by atoms with Crippen LogP contribution in [-0.2, 0) is 4.74 Å². The molecule has 112 valence electrons. The van der Waals surface area contributed by atoms with Gasteiger partial charge in [0.15, 0.2) is 17.5 Å². The van der Waals surface area contributed by atoms with E-state index in [0.717, 1.165) is 25.7 Å². The van der Waals surface area contributed by atoms with Gasteiger partial charge in [0.2, 0.25) is 0 Å². The largest absolute Gasteiger partial charge is 0.459 e. The lowest BCUT2D eigenvalue weighted by Gasteiger charge is -2.13. The summed E-state index contributed by atoms with van der Waals surface area (Å²) in [6, 6.07) is 1.29. The third kappa shape index (κ3) is 4.87. The zero-order valence-electron chi connectivity index (χ0n) is 11.7. The maximum atomic E-state index is 13.0. The van der Waals surface area contributed by atoms with Crippen molar-refractivity contribution in [3.05, 3.63) is 35.1 Å². The van der Waals surface area contributed by atoms with Crippen molar-refractivity contribution >= 4 is 5.97 Å². The summed E-state index contributed by atoms with van der Waals surface area (Å²) in [5.74, 6) is -5.22. The Labute approximate surface area is 116 Å². The molecule has 1 atom stereocenters. The number of hydrogen-bond donors (Lipinski definition) is 0. The molecule has 0 saturated heterocycles. The van der Waals surface area contributed by atoms with Gasteiger partial charge in [0.25, 0.3) is 0 Å². The predicted molar refractivity (Wildman–Crippen MR) is 70.0 cm³/mol. The van der Waals surface area contributed by atoms with Crippen molar-refractivity contribution < 1.29 is 22.7 Å². The van der Waals surface area contributed by atoms with Gasteiger partial charge in [0, 0.05) is 0 Å². The first-order valence-corrected chi connectivity index (χ1v) is 6.81. The summed E-state index contributed by atoms with van der Waals surface area (Å²) in [5.41, 5.74) is -0.318. The third-order valence-electron chi connectivity index (χ3n) is 2.99. The third-order valence-corrected chi connectivity index (χ3v) is 2.99. The molecule has 2 nitrogen and oxygen atoms in total. The smallest absolute Gasteiger partial charge is 0.338 e. The minimum absolute atomic E-state index is 0.318. The van der Waals surface area contributed by atoms with Crippen molar-refractivity contribution in [2.45, 2.75) is 52.1 Å². The van der Waals surface area contributed by atoms with Gasteiger partial charge in [0.05, 0.1) is 11.7 Å². The fourth-order valence-corrected chi connectivity index (χ4v) is 1.84. The highest BCUT2D eigenvalue weighted by atomic mass is 19.2. The van der Waals surface area contributed by atoms with Gasteiger partial charge in [-0.15, -0.1) is 0 Å². The van der Waals surface area contributed by atoms with E-state index >= 15 is 0 Å². The van der Waals surface area contributed by atoms with Gasteiger partial charge in [-0.1, -0.05) is 26.2 Å². The number of esters is 1. The van der Waals surface area contributed by atoms with Crippen LogP contribution in [0.4, 0.5) is 13.2 Å². The van der Waals surface area contributed by atoms with Crippen LogP contribution in [0.5, 0.6) is 0 Å². The molecular weight excluding hydrogens is 269 g/mol. The number of ether oxygens (including phenoxy) is 1. The van der Waals surface area contributed by atoms with E-state index < -0.39 is 23.4 Å². The molecule has 1 aromatic carbocycles. The molecule has 20 heavy (non-hydrogen) atoms. The number of benzene rings is 1. The summed E-state index contributed by atoms with van der Waals surface area (Å²) in [6.07, 6.45) is 4.57. The molecule has 0 heterocycles. The Hall–Kier alpha value is -1.52. The molecule has 0 N–H and O–H groups in total. The van der Waals surface area contributed by atoms with Crippen LogP contribution in [0.25, 0.3) is 0 Å². The van der Waals surface area contributed by atoms with Crippen molar-refractivity contribution in [1.29, 1.82) is 0 Å². The van der Waals surface area contributed by atoms with E-state index in [1.165, 1.54) is 0 Å². The fraction of sp³-hybridized carbons (Fsp3) is 0.533. The Morgan fingerprint density at radius 1 is 1.15 bits per heavy atom. The lowest BCUT2D eigenvalue weighted by Crippen LogP contribution is -2.15. The zero-order chi connectivity index (χ0) is 15.1. The first-order valence-electron chi connectivity index (χ1n) is 6.81. The summed E-state index contributed by atoms with van der Waals surface area (Å²) in [7, 11) is 0. The van der Waals surface area contributed by atoms with Crippen molar-refractivity contribution in [2.24, 2.45) is 0 Å². The maximum Gasteiger partial charge on any atom is 0.338 e. The number of carbonyl (C=O) groups is 1. The molecule has 0 bridgehead atoms. The van der Waals surface area contributed by atoms with Crippen LogP contribution >= 0.6 is 0 Å². The lowest BCUT2D eigenvalue weighted by atomic mass is 10.1. The Balaban J connectivity index is 2.54.